The predicted octanol–water partition coefficient (Wildman–Crippen LogP) is 3.26. The summed E-state index contributed by atoms with van der Waals surface area (Å²) in [6.07, 6.45) is 2.10. The highest BCUT2D eigenvalue weighted by atomic mass is 16.7. The number of Topliss-reactive ketones (excluding diaryl/α,β-unsaturated/α-hetero) is 1. The van der Waals surface area contributed by atoms with E-state index in [-0.39, 0.29) is 16.9 Å². The van der Waals surface area contributed by atoms with Crippen molar-refractivity contribution < 1.29 is 19.1 Å². The molecule has 2 saturated heterocycles. The maximum Gasteiger partial charge on any atom is 0.202 e. The number of nitrogens with zero attached hydrogens (tertiary/aromatic N) is 2. The van der Waals surface area contributed by atoms with Crippen LogP contribution in [-0.2, 0) is 9.57 Å². The van der Waals surface area contributed by atoms with Gasteiger partial charge >= 0.3 is 0 Å². The molecule has 1 aromatic carbocycles. The van der Waals surface area contributed by atoms with Crippen molar-refractivity contribution in [3.63, 3.8) is 0 Å². The van der Waals surface area contributed by atoms with Crippen molar-refractivity contribution in [1.82, 2.24) is 9.96 Å². The van der Waals surface area contributed by atoms with E-state index in [4.69, 9.17) is 14.3 Å². The van der Waals surface area contributed by atoms with Crippen molar-refractivity contribution in [3.8, 4) is 5.75 Å². The molecule has 2 unspecified atom stereocenters. The van der Waals surface area contributed by atoms with Crippen LogP contribution in [0, 0.1) is 0 Å². The van der Waals surface area contributed by atoms with Gasteiger partial charge in [-0.2, -0.15) is 5.06 Å². The molecule has 1 aromatic rings. The van der Waals surface area contributed by atoms with E-state index in [1.807, 2.05) is 24.3 Å². The van der Waals surface area contributed by atoms with Crippen molar-refractivity contribution in [3.05, 3.63) is 29.8 Å². The van der Waals surface area contributed by atoms with Gasteiger partial charge in [0.05, 0.1) is 18.8 Å². The summed E-state index contributed by atoms with van der Waals surface area (Å²) in [5, 5.41) is 2.07. The van der Waals surface area contributed by atoms with Crippen LogP contribution < -0.4 is 4.74 Å². The monoisotopic (exact) mass is 388 g/mol. The summed E-state index contributed by atoms with van der Waals surface area (Å²) in [6.45, 7) is 11.5. The van der Waals surface area contributed by atoms with Gasteiger partial charge in [0.15, 0.2) is 12.3 Å². The molecule has 0 radical (unpaired) electrons. The third-order valence-electron chi connectivity index (χ3n) is 6.22. The van der Waals surface area contributed by atoms with E-state index in [1.165, 1.54) is 0 Å². The second kappa shape index (κ2) is 7.41. The molecule has 3 heterocycles. The van der Waals surface area contributed by atoms with Crippen LogP contribution in [0.3, 0.4) is 0 Å². The molecular formula is C22H32N2O4. The Morgan fingerprint density at radius 1 is 1.04 bits per heavy atom. The molecule has 3 aliphatic heterocycles. The molecule has 0 spiro atoms. The minimum absolute atomic E-state index is 0.00415. The van der Waals surface area contributed by atoms with E-state index in [9.17, 15) is 4.79 Å². The normalized spacial score (nSPS) is 30.5. The number of hydroxylamine groups is 2. The van der Waals surface area contributed by atoms with Crippen LogP contribution in [0.5, 0.6) is 5.75 Å². The van der Waals surface area contributed by atoms with Crippen molar-refractivity contribution in [2.75, 3.05) is 26.3 Å². The molecule has 2 atom stereocenters. The van der Waals surface area contributed by atoms with Crippen LogP contribution in [0.25, 0.3) is 0 Å². The molecule has 0 bridgehead atoms. The summed E-state index contributed by atoms with van der Waals surface area (Å²) in [6, 6.07) is 7.48. The molecule has 3 aliphatic rings. The summed E-state index contributed by atoms with van der Waals surface area (Å²) in [4.78, 5) is 22.2. The summed E-state index contributed by atoms with van der Waals surface area (Å²) in [5.74, 6) is 0.636. The molecule has 2 fully saturated rings. The Kier molecular flexibility index (Phi) is 5.25. The summed E-state index contributed by atoms with van der Waals surface area (Å²) in [7, 11) is 0. The molecule has 0 aliphatic carbocycles. The number of ether oxygens (including phenoxy) is 2. The van der Waals surface area contributed by atoms with Gasteiger partial charge in [-0.3, -0.25) is 14.5 Å². The number of fused-ring (bicyclic) bond motifs is 1. The Hall–Kier alpha value is -1.47. The van der Waals surface area contributed by atoms with E-state index >= 15 is 0 Å². The van der Waals surface area contributed by atoms with Crippen molar-refractivity contribution in [1.29, 1.82) is 0 Å². The minimum Gasteiger partial charge on any atom is -0.471 e. The number of benzene rings is 1. The average Bonchev–Trinajstić information content (AvgIpc) is 2.66. The Morgan fingerprint density at radius 3 is 2.36 bits per heavy atom. The van der Waals surface area contributed by atoms with E-state index < -0.39 is 12.3 Å². The number of ketones is 1. The molecule has 28 heavy (non-hydrogen) atoms. The second-order valence-electron chi connectivity index (χ2n) is 9.32. The quantitative estimate of drug-likeness (QED) is 0.792. The number of carbonyl (C=O) groups is 1. The zero-order chi connectivity index (χ0) is 19.9. The predicted molar refractivity (Wildman–Crippen MR) is 106 cm³/mol. The van der Waals surface area contributed by atoms with Crippen molar-refractivity contribution in [2.24, 2.45) is 0 Å². The maximum absolute atomic E-state index is 13.5. The first kappa shape index (κ1) is 19.8. The van der Waals surface area contributed by atoms with Crippen LogP contribution in [-0.4, -0.2) is 65.5 Å². The molecule has 6 nitrogen and oxygen atoms in total. The largest absolute Gasteiger partial charge is 0.471 e. The number of hydrogen-bond donors (Lipinski definition) is 0. The third-order valence-corrected chi connectivity index (χ3v) is 6.22. The Bertz CT molecular complexity index is 711. The van der Waals surface area contributed by atoms with E-state index in [1.54, 1.807) is 0 Å². The van der Waals surface area contributed by atoms with Crippen molar-refractivity contribution in [2.45, 2.75) is 70.4 Å². The van der Waals surface area contributed by atoms with Gasteiger partial charge in [0.2, 0.25) is 5.78 Å². The number of para-hydroxylation sites is 1. The molecule has 0 N–H and O–H groups in total. The number of morpholine rings is 1. The minimum atomic E-state index is -0.690. The molecule has 0 aromatic heterocycles. The lowest BCUT2D eigenvalue weighted by molar-refractivity contribution is -0.313. The summed E-state index contributed by atoms with van der Waals surface area (Å²) >= 11 is 0. The Morgan fingerprint density at radius 2 is 1.68 bits per heavy atom. The first-order chi connectivity index (χ1) is 13.3. The molecule has 154 valence electrons. The molecule has 0 saturated carbocycles. The van der Waals surface area contributed by atoms with Gasteiger partial charge in [0.1, 0.15) is 5.75 Å². The standard InChI is InChI=1S/C22H32N2O4/c1-21(2)10-7-11-22(3,4)24(21)28-19-18(25)16-8-5-6-9-17(16)27-20(19)23-12-14-26-15-13-23/h5-6,8-9,19-20H,7,10-15H2,1-4H3. The van der Waals surface area contributed by atoms with Crippen LogP contribution in [0.15, 0.2) is 24.3 Å². The fraction of sp³-hybridized carbons (Fsp3) is 0.682. The number of rotatable bonds is 3. The summed E-state index contributed by atoms with van der Waals surface area (Å²) in [5.41, 5.74) is 0.313. The molecule has 6 heteroatoms. The van der Waals surface area contributed by atoms with Gasteiger partial charge in [-0.15, -0.1) is 0 Å². The topological polar surface area (TPSA) is 51.2 Å². The van der Waals surface area contributed by atoms with Crippen LogP contribution in [0.1, 0.15) is 57.3 Å². The number of hydrogen-bond acceptors (Lipinski definition) is 6. The lowest BCUT2D eigenvalue weighted by atomic mass is 9.82. The fourth-order valence-corrected chi connectivity index (χ4v) is 4.82. The van der Waals surface area contributed by atoms with Crippen LogP contribution in [0.4, 0.5) is 0 Å². The van der Waals surface area contributed by atoms with E-state index in [0.29, 0.717) is 24.5 Å². The number of carbonyl (C=O) groups excluding carboxylic acids is 1. The van der Waals surface area contributed by atoms with Gasteiger partial charge < -0.3 is 9.47 Å². The van der Waals surface area contributed by atoms with Gasteiger partial charge in [0, 0.05) is 24.2 Å². The van der Waals surface area contributed by atoms with Crippen LogP contribution >= 0.6 is 0 Å². The third kappa shape index (κ3) is 3.59. The van der Waals surface area contributed by atoms with Gasteiger partial charge in [-0.1, -0.05) is 12.1 Å². The zero-order valence-electron chi connectivity index (χ0n) is 17.4. The highest BCUT2D eigenvalue weighted by molar-refractivity contribution is 6.03. The Balaban J connectivity index is 1.68. The smallest absolute Gasteiger partial charge is 0.202 e. The van der Waals surface area contributed by atoms with Crippen LogP contribution in [0.2, 0.25) is 0 Å². The van der Waals surface area contributed by atoms with Crippen molar-refractivity contribution >= 4 is 5.78 Å². The molecule has 0 amide bonds. The SMILES string of the molecule is CC1(C)CCCC(C)(C)N1OC1C(=O)c2ccccc2OC1N1CCOCC1. The highest BCUT2D eigenvalue weighted by Crippen LogP contribution is 2.40. The number of piperidine rings is 1. The second-order valence-corrected chi connectivity index (χ2v) is 9.32. The lowest BCUT2D eigenvalue weighted by Gasteiger charge is -2.53. The van der Waals surface area contributed by atoms with E-state index in [0.717, 1.165) is 32.4 Å². The zero-order valence-corrected chi connectivity index (χ0v) is 17.4. The summed E-state index contributed by atoms with van der Waals surface area (Å²) < 4.78 is 11.8. The van der Waals surface area contributed by atoms with Gasteiger partial charge in [-0.05, 0) is 59.1 Å². The average molecular weight is 389 g/mol. The van der Waals surface area contributed by atoms with Gasteiger partial charge in [-0.25, -0.2) is 0 Å². The van der Waals surface area contributed by atoms with Gasteiger partial charge in [0.25, 0.3) is 0 Å². The maximum atomic E-state index is 13.5. The Labute approximate surface area is 167 Å². The molecule has 4 rings (SSSR count). The molecular weight excluding hydrogens is 356 g/mol. The fourth-order valence-electron chi connectivity index (χ4n) is 4.82. The highest BCUT2D eigenvalue weighted by Gasteiger charge is 2.49. The first-order valence-electron chi connectivity index (χ1n) is 10.4. The lowest BCUT2D eigenvalue weighted by Crippen LogP contribution is -2.64. The van der Waals surface area contributed by atoms with E-state index in [2.05, 4.69) is 37.7 Å². The first-order valence-corrected chi connectivity index (χ1v) is 10.4.